The summed E-state index contributed by atoms with van der Waals surface area (Å²) >= 11 is 0. The van der Waals surface area contributed by atoms with Crippen LogP contribution in [0.1, 0.15) is 5.56 Å². The van der Waals surface area contributed by atoms with Crippen LogP contribution in [0.2, 0.25) is 0 Å². The number of nitrogens with zero attached hydrogens (tertiary/aromatic N) is 2. The predicted octanol–water partition coefficient (Wildman–Crippen LogP) is 2.37. The average molecular weight is 389 g/mol. The van der Waals surface area contributed by atoms with Gasteiger partial charge in [0.15, 0.2) is 0 Å². The van der Waals surface area contributed by atoms with Gasteiger partial charge >= 0.3 is 12.1 Å². The number of imide groups is 1. The first-order valence-electron chi connectivity index (χ1n) is 9.47. The van der Waals surface area contributed by atoms with E-state index >= 15 is 0 Å². The molecule has 8 nitrogen and oxygen atoms in total. The molecule has 0 aliphatic carbocycles. The second-order valence-electron chi connectivity index (χ2n) is 7.14. The van der Waals surface area contributed by atoms with Crippen molar-refractivity contribution >= 4 is 40.2 Å². The summed E-state index contributed by atoms with van der Waals surface area (Å²) in [6, 6.07) is 13.5. The molecule has 0 radical (unpaired) electrons. The topological polar surface area (TPSA) is 97.5 Å². The number of anilines is 2. The number of nitrogens with one attached hydrogen (secondary N) is 3. The highest BCUT2D eigenvalue weighted by atomic mass is 16.2. The highest BCUT2D eigenvalue weighted by molar-refractivity contribution is 6.21. The Morgan fingerprint density at radius 3 is 2.62 bits per heavy atom. The van der Waals surface area contributed by atoms with Crippen LogP contribution in [0.25, 0.3) is 10.9 Å². The number of carbonyl (C=O) groups is 3. The molecule has 2 aromatic carbocycles. The number of fused-ring (bicyclic) bond motifs is 1. The zero-order chi connectivity index (χ0) is 20.0. The van der Waals surface area contributed by atoms with Crippen molar-refractivity contribution in [2.45, 2.75) is 12.5 Å². The Hall–Kier alpha value is -3.81. The number of H-pyrrole nitrogens is 1. The second-order valence-corrected chi connectivity index (χ2v) is 7.14. The summed E-state index contributed by atoms with van der Waals surface area (Å²) in [4.78, 5) is 43.4. The Balaban J connectivity index is 1.40. The molecule has 2 aliphatic heterocycles. The lowest BCUT2D eigenvalue weighted by Gasteiger charge is -2.18. The number of amides is 5. The van der Waals surface area contributed by atoms with E-state index in [1.165, 1.54) is 0 Å². The number of aromatic amines is 1. The molecule has 1 atom stereocenters. The van der Waals surface area contributed by atoms with Crippen LogP contribution in [0.15, 0.2) is 54.7 Å². The van der Waals surface area contributed by atoms with E-state index in [0.29, 0.717) is 30.9 Å². The molecule has 2 aliphatic rings. The van der Waals surface area contributed by atoms with Gasteiger partial charge in [-0.15, -0.1) is 0 Å². The summed E-state index contributed by atoms with van der Waals surface area (Å²) < 4.78 is 0. The van der Waals surface area contributed by atoms with Gasteiger partial charge in [-0.25, -0.2) is 14.5 Å². The third-order valence-electron chi connectivity index (χ3n) is 5.37. The zero-order valence-corrected chi connectivity index (χ0v) is 15.5. The number of carbonyl (C=O) groups excluding carboxylic acids is 3. The maximum absolute atomic E-state index is 13.0. The molecule has 0 saturated carbocycles. The molecule has 0 bridgehead atoms. The molecule has 8 heteroatoms. The lowest BCUT2D eigenvalue weighted by Crippen LogP contribution is -2.33. The number of urea groups is 2. The van der Waals surface area contributed by atoms with Gasteiger partial charge in [0.1, 0.15) is 6.04 Å². The van der Waals surface area contributed by atoms with Crippen LogP contribution in [-0.4, -0.2) is 42.1 Å². The molecule has 0 spiro atoms. The number of hydrogen-bond donors (Lipinski definition) is 3. The van der Waals surface area contributed by atoms with E-state index in [-0.39, 0.29) is 11.9 Å². The van der Waals surface area contributed by atoms with Gasteiger partial charge in [-0.05, 0) is 29.8 Å². The zero-order valence-electron chi connectivity index (χ0n) is 15.5. The van der Waals surface area contributed by atoms with Gasteiger partial charge in [0.2, 0.25) is 0 Å². The Morgan fingerprint density at radius 1 is 0.966 bits per heavy atom. The largest absolute Gasteiger partial charge is 0.361 e. The van der Waals surface area contributed by atoms with Gasteiger partial charge in [-0.2, -0.15) is 0 Å². The Kier molecular flexibility index (Phi) is 3.97. The number of aromatic nitrogens is 1. The molecule has 2 saturated heterocycles. The number of rotatable bonds is 4. The van der Waals surface area contributed by atoms with Crippen LogP contribution in [0, 0.1) is 0 Å². The van der Waals surface area contributed by atoms with Crippen molar-refractivity contribution in [3.8, 4) is 0 Å². The molecule has 5 amide bonds. The fraction of sp³-hybridized carbons (Fsp3) is 0.190. The van der Waals surface area contributed by atoms with Gasteiger partial charge in [0.05, 0.1) is 5.69 Å². The van der Waals surface area contributed by atoms with E-state index in [0.717, 1.165) is 21.4 Å². The van der Waals surface area contributed by atoms with E-state index in [4.69, 9.17) is 0 Å². The van der Waals surface area contributed by atoms with Crippen molar-refractivity contribution in [2.24, 2.45) is 0 Å². The Morgan fingerprint density at radius 2 is 1.79 bits per heavy atom. The van der Waals surface area contributed by atoms with Crippen molar-refractivity contribution in [1.29, 1.82) is 0 Å². The van der Waals surface area contributed by atoms with Crippen molar-refractivity contribution in [3.05, 3.63) is 60.3 Å². The van der Waals surface area contributed by atoms with E-state index in [1.807, 2.05) is 30.5 Å². The van der Waals surface area contributed by atoms with E-state index in [2.05, 4.69) is 15.6 Å². The molecular weight excluding hydrogens is 370 g/mol. The fourth-order valence-electron chi connectivity index (χ4n) is 3.95. The molecule has 3 N–H and O–H groups in total. The molecule has 5 rings (SSSR count). The molecule has 146 valence electrons. The predicted molar refractivity (Wildman–Crippen MR) is 109 cm³/mol. The molecule has 2 fully saturated rings. The quantitative estimate of drug-likeness (QED) is 0.598. The molecular formula is C21H19N5O3. The van der Waals surface area contributed by atoms with Crippen LogP contribution in [0.4, 0.5) is 21.0 Å². The fourth-order valence-corrected chi connectivity index (χ4v) is 3.95. The maximum atomic E-state index is 13.0. The van der Waals surface area contributed by atoms with Crippen molar-refractivity contribution in [2.75, 3.05) is 22.9 Å². The average Bonchev–Trinajstić information content (AvgIpc) is 3.41. The smallest absolute Gasteiger partial charge is 0.329 e. The Labute approximate surface area is 166 Å². The third-order valence-corrected chi connectivity index (χ3v) is 5.37. The normalized spacial score (nSPS) is 19.2. The van der Waals surface area contributed by atoms with Crippen molar-refractivity contribution in [1.82, 2.24) is 15.6 Å². The minimum atomic E-state index is -0.638. The summed E-state index contributed by atoms with van der Waals surface area (Å²) in [7, 11) is 0. The van der Waals surface area contributed by atoms with Crippen LogP contribution in [0.5, 0.6) is 0 Å². The minimum Gasteiger partial charge on any atom is -0.361 e. The molecule has 3 aromatic rings. The van der Waals surface area contributed by atoms with Crippen LogP contribution in [-0.2, 0) is 11.2 Å². The van der Waals surface area contributed by atoms with Crippen LogP contribution >= 0.6 is 0 Å². The van der Waals surface area contributed by atoms with Crippen LogP contribution < -0.4 is 20.4 Å². The first-order chi connectivity index (χ1) is 14.1. The monoisotopic (exact) mass is 389 g/mol. The van der Waals surface area contributed by atoms with Gasteiger partial charge in [-0.1, -0.05) is 24.3 Å². The number of para-hydroxylation sites is 1. The third kappa shape index (κ3) is 2.89. The lowest BCUT2D eigenvalue weighted by atomic mass is 10.0. The number of benzene rings is 2. The molecule has 3 heterocycles. The maximum Gasteiger partial charge on any atom is 0.329 e. The molecule has 29 heavy (non-hydrogen) atoms. The summed E-state index contributed by atoms with van der Waals surface area (Å²) in [5.74, 6) is -0.302. The number of hydrogen-bond acceptors (Lipinski definition) is 3. The summed E-state index contributed by atoms with van der Waals surface area (Å²) in [6.45, 7) is 1.12. The van der Waals surface area contributed by atoms with Gasteiger partial charge in [0.25, 0.3) is 5.91 Å². The second kappa shape index (κ2) is 6.66. The summed E-state index contributed by atoms with van der Waals surface area (Å²) in [6.07, 6.45) is 2.28. The first-order valence-corrected chi connectivity index (χ1v) is 9.47. The summed E-state index contributed by atoms with van der Waals surface area (Å²) in [5, 5.41) is 6.57. The van der Waals surface area contributed by atoms with E-state index < -0.39 is 12.1 Å². The van der Waals surface area contributed by atoms with Crippen molar-refractivity contribution < 1.29 is 14.4 Å². The van der Waals surface area contributed by atoms with Gasteiger partial charge in [0, 0.05) is 42.3 Å². The lowest BCUT2D eigenvalue weighted by molar-refractivity contribution is -0.118. The first kappa shape index (κ1) is 17.3. The van der Waals surface area contributed by atoms with Gasteiger partial charge < -0.3 is 15.6 Å². The SMILES string of the molecule is O=C1NCCN1c1cccc(N2C(=O)N[C@@H](Cc3c[nH]c4ccccc34)C2=O)c1. The van der Waals surface area contributed by atoms with Crippen LogP contribution in [0.3, 0.4) is 0 Å². The molecule has 1 aromatic heterocycles. The highest BCUT2D eigenvalue weighted by Crippen LogP contribution is 2.28. The highest BCUT2D eigenvalue weighted by Gasteiger charge is 2.39. The van der Waals surface area contributed by atoms with Crippen molar-refractivity contribution in [3.63, 3.8) is 0 Å². The Bertz CT molecular complexity index is 1140. The van der Waals surface area contributed by atoms with E-state index in [9.17, 15) is 14.4 Å². The van der Waals surface area contributed by atoms with E-state index in [1.54, 1.807) is 29.2 Å². The van der Waals surface area contributed by atoms with Gasteiger partial charge in [-0.3, -0.25) is 9.69 Å². The molecule has 0 unspecified atom stereocenters. The summed E-state index contributed by atoms with van der Waals surface area (Å²) in [5.41, 5.74) is 3.07. The standard InChI is InChI=1S/C21H19N5O3/c27-19-18(10-13-12-23-17-7-2-1-6-16(13)17)24-21(29)26(19)15-5-3-4-14(11-15)25-9-8-22-20(25)28/h1-7,11-12,18,23H,8-10H2,(H,22,28)(H,24,29)/t18-/m0/s1. The minimum absolute atomic E-state index is 0.184.